The summed E-state index contributed by atoms with van der Waals surface area (Å²) in [5.41, 5.74) is -1.28. The topological polar surface area (TPSA) is 75.7 Å². The van der Waals surface area contributed by atoms with Gasteiger partial charge in [0.25, 0.3) is 0 Å². The number of amides is 1. The van der Waals surface area contributed by atoms with Crippen LogP contribution in [-0.2, 0) is 21.0 Å². The first-order chi connectivity index (χ1) is 13.5. The predicted molar refractivity (Wildman–Crippen MR) is 104 cm³/mol. The fourth-order valence-corrected chi connectivity index (χ4v) is 3.38. The Labute approximate surface area is 171 Å². The minimum atomic E-state index is -4.64. The molecule has 0 atom stereocenters. The Morgan fingerprint density at radius 3 is 2.48 bits per heavy atom. The number of sulfonamides is 1. The van der Waals surface area contributed by atoms with Gasteiger partial charge in [0, 0.05) is 0 Å². The summed E-state index contributed by atoms with van der Waals surface area (Å²) in [6, 6.07) is 10.5. The van der Waals surface area contributed by atoms with E-state index in [0.29, 0.717) is 21.1 Å². The third-order valence-electron chi connectivity index (χ3n) is 3.67. The Morgan fingerprint density at radius 1 is 1.17 bits per heavy atom. The van der Waals surface area contributed by atoms with Gasteiger partial charge in [-0.15, -0.1) is 0 Å². The summed E-state index contributed by atoms with van der Waals surface area (Å²) in [4.78, 5) is 12.1. The molecular formula is C18H18ClF3N2O4S. The normalized spacial score (nSPS) is 11.8. The standard InChI is InChI=1S/C18H18ClF3N2O4S/c1-29(26,27)24(14-6-4-5-13(11-14)18(20,21)22)12-17(25)23-9-10-28-16-8-3-2-7-15(16)19/h2-8,11H,9-10,12H2,1H3,(H,23,25). The number of benzene rings is 2. The van der Waals surface area contributed by atoms with Crippen LogP contribution in [0.1, 0.15) is 5.56 Å². The van der Waals surface area contributed by atoms with Crippen LogP contribution in [0.25, 0.3) is 0 Å². The number of halogens is 4. The van der Waals surface area contributed by atoms with Crippen molar-refractivity contribution in [2.75, 3.05) is 30.3 Å². The number of ether oxygens (including phenoxy) is 1. The van der Waals surface area contributed by atoms with Gasteiger partial charge in [0.2, 0.25) is 15.9 Å². The van der Waals surface area contributed by atoms with Crippen LogP contribution in [0.15, 0.2) is 48.5 Å². The van der Waals surface area contributed by atoms with Gasteiger partial charge in [0.15, 0.2) is 0 Å². The van der Waals surface area contributed by atoms with Crippen molar-refractivity contribution in [3.63, 3.8) is 0 Å². The molecule has 2 aromatic rings. The number of hydrogen-bond donors (Lipinski definition) is 1. The van der Waals surface area contributed by atoms with Crippen LogP contribution in [0.3, 0.4) is 0 Å². The first-order valence-corrected chi connectivity index (χ1v) is 10.5. The lowest BCUT2D eigenvalue weighted by atomic mass is 10.2. The van der Waals surface area contributed by atoms with E-state index >= 15 is 0 Å². The highest BCUT2D eigenvalue weighted by Crippen LogP contribution is 2.32. The lowest BCUT2D eigenvalue weighted by Gasteiger charge is -2.22. The zero-order valence-electron chi connectivity index (χ0n) is 15.2. The quantitative estimate of drug-likeness (QED) is 0.626. The van der Waals surface area contributed by atoms with Crippen molar-refractivity contribution in [1.82, 2.24) is 5.32 Å². The number of carbonyl (C=O) groups excluding carboxylic acids is 1. The van der Waals surface area contributed by atoms with E-state index in [-0.39, 0.29) is 18.8 Å². The average Bonchev–Trinajstić information content (AvgIpc) is 2.63. The van der Waals surface area contributed by atoms with Gasteiger partial charge in [-0.3, -0.25) is 9.10 Å². The molecule has 0 saturated carbocycles. The van der Waals surface area contributed by atoms with Gasteiger partial charge in [-0.2, -0.15) is 13.2 Å². The Balaban J connectivity index is 2.00. The summed E-state index contributed by atoms with van der Waals surface area (Å²) in [5.74, 6) is -0.277. The number of nitrogens with one attached hydrogen (secondary N) is 1. The van der Waals surface area contributed by atoms with Gasteiger partial charge >= 0.3 is 6.18 Å². The summed E-state index contributed by atoms with van der Waals surface area (Å²) in [7, 11) is -4.00. The van der Waals surface area contributed by atoms with Crippen LogP contribution in [-0.4, -0.2) is 40.3 Å². The van der Waals surface area contributed by atoms with E-state index in [1.54, 1.807) is 24.3 Å². The first kappa shape index (κ1) is 22.8. The SMILES string of the molecule is CS(=O)(=O)N(CC(=O)NCCOc1ccccc1Cl)c1cccc(C(F)(F)F)c1. The van der Waals surface area contributed by atoms with Crippen LogP contribution in [0.5, 0.6) is 5.75 Å². The third kappa shape index (κ3) is 6.82. The number of alkyl halides is 3. The first-order valence-electron chi connectivity index (χ1n) is 8.27. The van der Waals surface area contributed by atoms with Gasteiger partial charge < -0.3 is 10.1 Å². The molecule has 0 fully saturated rings. The maximum absolute atomic E-state index is 12.9. The minimum absolute atomic E-state index is 0.0459. The molecule has 0 aliphatic carbocycles. The predicted octanol–water partition coefficient (Wildman–Crippen LogP) is 3.32. The number of nitrogens with zero attached hydrogens (tertiary/aromatic N) is 1. The summed E-state index contributed by atoms with van der Waals surface area (Å²) in [6.45, 7) is -0.561. The number of para-hydroxylation sites is 1. The second-order valence-corrected chi connectivity index (χ2v) is 8.26. The molecule has 0 aromatic heterocycles. The molecular weight excluding hydrogens is 433 g/mol. The summed E-state index contributed by atoms with van der Waals surface area (Å²) >= 11 is 5.93. The van der Waals surface area contributed by atoms with E-state index in [0.717, 1.165) is 18.4 Å². The molecule has 11 heteroatoms. The fourth-order valence-electron chi connectivity index (χ4n) is 2.34. The molecule has 0 radical (unpaired) electrons. The molecule has 0 saturated heterocycles. The van der Waals surface area contributed by atoms with Crippen molar-refractivity contribution in [2.45, 2.75) is 6.18 Å². The molecule has 2 rings (SSSR count). The second kappa shape index (κ2) is 9.36. The van der Waals surface area contributed by atoms with Gasteiger partial charge in [-0.1, -0.05) is 29.8 Å². The Hall–Kier alpha value is -2.46. The summed E-state index contributed by atoms with van der Waals surface area (Å²) in [6.07, 6.45) is -3.83. The monoisotopic (exact) mass is 450 g/mol. The highest BCUT2D eigenvalue weighted by molar-refractivity contribution is 7.92. The van der Waals surface area contributed by atoms with Crippen LogP contribution in [0, 0.1) is 0 Å². The maximum atomic E-state index is 12.9. The molecule has 1 N–H and O–H groups in total. The van der Waals surface area contributed by atoms with Gasteiger partial charge in [0.05, 0.1) is 29.1 Å². The highest BCUT2D eigenvalue weighted by Gasteiger charge is 2.31. The van der Waals surface area contributed by atoms with E-state index in [1.165, 1.54) is 6.07 Å². The highest BCUT2D eigenvalue weighted by atomic mass is 35.5. The van der Waals surface area contributed by atoms with Gasteiger partial charge in [0.1, 0.15) is 18.9 Å². The lowest BCUT2D eigenvalue weighted by molar-refractivity contribution is -0.137. The smallest absolute Gasteiger partial charge is 0.416 e. The second-order valence-electron chi connectivity index (χ2n) is 5.95. The molecule has 29 heavy (non-hydrogen) atoms. The molecule has 0 aliphatic rings. The minimum Gasteiger partial charge on any atom is -0.490 e. The van der Waals surface area contributed by atoms with Crippen LogP contribution >= 0.6 is 11.6 Å². The van der Waals surface area contributed by atoms with E-state index in [2.05, 4.69) is 5.32 Å². The van der Waals surface area contributed by atoms with Gasteiger partial charge in [-0.25, -0.2) is 8.42 Å². The van der Waals surface area contributed by atoms with Gasteiger partial charge in [-0.05, 0) is 30.3 Å². The molecule has 1 amide bonds. The summed E-state index contributed by atoms with van der Waals surface area (Å²) in [5, 5.41) is 2.85. The van der Waals surface area contributed by atoms with Crippen molar-refractivity contribution in [2.24, 2.45) is 0 Å². The number of hydrogen-bond acceptors (Lipinski definition) is 4. The van der Waals surface area contributed by atoms with Crippen molar-refractivity contribution in [3.8, 4) is 5.75 Å². The van der Waals surface area contributed by atoms with Crippen LogP contribution in [0.2, 0.25) is 5.02 Å². The zero-order valence-corrected chi connectivity index (χ0v) is 16.8. The molecule has 2 aromatic carbocycles. The molecule has 0 bridgehead atoms. The number of rotatable bonds is 8. The van der Waals surface area contributed by atoms with Crippen LogP contribution in [0.4, 0.5) is 18.9 Å². The molecule has 158 valence electrons. The molecule has 0 spiro atoms. The zero-order chi connectivity index (χ0) is 21.7. The van der Waals surface area contributed by atoms with Crippen molar-refractivity contribution in [3.05, 3.63) is 59.1 Å². The van der Waals surface area contributed by atoms with Crippen molar-refractivity contribution >= 4 is 33.2 Å². The van der Waals surface area contributed by atoms with E-state index in [1.807, 2.05) is 0 Å². The molecule has 6 nitrogen and oxygen atoms in total. The van der Waals surface area contributed by atoms with Crippen molar-refractivity contribution < 1.29 is 31.1 Å². The Bertz CT molecular complexity index is 968. The summed E-state index contributed by atoms with van der Waals surface area (Å²) < 4.78 is 68.7. The van der Waals surface area contributed by atoms with E-state index < -0.39 is 34.2 Å². The lowest BCUT2D eigenvalue weighted by Crippen LogP contribution is -2.41. The molecule has 0 heterocycles. The molecule has 0 aliphatic heterocycles. The fraction of sp³-hybridized carbons (Fsp3) is 0.278. The maximum Gasteiger partial charge on any atom is 0.416 e. The van der Waals surface area contributed by atoms with Crippen molar-refractivity contribution in [1.29, 1.82) is 0 Å². The Kier molecular flexibility index (Phi) is 7.37. The largest absolute Gasteiger partial charge is 0.490 e. The third-order valence-corrected chi connectivity index (χ3v) is 5.12. The number of carbonyl (C=O) groups is 1. The molecule has 0 unspecified atom stereocenters. The van der Waals surface area contributed by atoms with E-state index in [4.69, 9.17) is 16.3 Å². The van der Waals surface area contributed by atoms with Crippen LogP contribution < -0.4 is 14.4 Å². The van der Waals surface area contributed by atoms with E-state index in [9.17, 15) is 26.4 Å². The number of anilines is 1. The Morgan fingerprint density at radius 2 is 1.86 bits per heavy atom. The average molecular weight is 451 g/mol.